The molecule has 1 N–H and O–H groups in total. The van der Waals surface area contributed by atoms with Crippen LogP contribution in [0.1, 0.15) is 74.7 Å². The van der Waals surface area contributed by atoms with E-state index in [0.717, 1.165) is 37.3 Å². The van der Waals surface area contributed by atoms with Crippen LogP contribution in [0.4, 0.5) is 0 Å². The molecule has 152 valence electrons. The third-order valence-corrected chi connectivity index (χ3v) is 3.67. The van der Waals surface area contributed by atoms with E-state index in [9.17, 15) is 0 Å². The van der Waals surface area contributed by atoms with E-state index in [1.165, 1.54) is 6.42 Å². The molecular weight excluding hydrogens is 312 g/mol. The zero-order valence-corrected chi connectivity index (χ0v) is 18.7. The van der Waals surface area contributed by atoms with Crippen LogP contribution in [0.15, 0.2) is 16.3 Å². The van der Waals surface area contributed by atoms with Gasteiger partial charge in [0.1, 0.15) is 6.61 Å². The van der Waals surface area contributed by atoms with Crippen LogP contribution in [0.25, 0.3) is 0 Å². The molecule has 25 heavy (non-hydrogen) atoms. The van der Waals surface area contributed by atoms with Gasteiger partial charge in [0.15, 0.2) is 0 Å². The Morgan fingerprint density at radius 2 is 1.76 bits per heavy atom. The molecule has 0 aromatic heterocycles. The Morgan fingerprint density at radius 3 is 2.20 bits per heavy atom. The first-order valence-corrected chi connectivity index (χ1v) is 10.1. The fourth-order valence-electron chi connectivity index (χ4n) is 2.02. The van der Waals surface area contributed by atoms with Crippen molar-refractivity contribution in [1.82, 2.24) is 5.32 Å². The van der Waals surface area contributed by atoms with Gasteiger partial charge in [-0.05, 0) is 32.7 Å². The number of hydrogen-bond acceptors (Lipinski definition) is 4. The molecule has 0 aliphatic rings. The summed E-state index contributed by atoms with van der Waals surface area (Å²) in [5.41, 5.74) is 1.15. The highest BCUT2D eigenvalue weighted by molar-refractivity contribution is 5.78. The summed E-state index contributed by atoms with van der Waals surface area (Å²) in [5, 5.41) is 3.11. The fourth-order valence-corrected chi connectivity index (χ4v) is 2.02. The number of rotatable bonds is 12. The van der Waals surface area contributed by atoms with Crippen molar-refractivity contribution < 1.29 is 9.47 Å². The molecule has 4 heteroatoms. The number of ether oxygens (including phenoxy) is 2. The zero-order chi connectivity index (χ0) is 20.1. The van der Waals surface area contributed by atoms with E-state index in [0.29, 0.717) is 12.5 Å². The third-order valence-electron chi connectivity index (χ3n) is 3.67. The molecule has 0 saturated heterocycles. The fraction of sp³-hybridized carbons (Fsp3) is 0.857. The van der Waals surface area contributed by atoms with Crippen molar-refractivity contribution in [3.05, 3.63) is 11.3 Å². The van der Waals surface area contributed by atoms with Crippen molar-refractivity contribution in [3.63, 3.8) is 0 Å². The van der Waals surface area contributed by atoms with Gasteiger partial charge in [0.05, 0.1) is 18.5 Å². The monoisotopic (exact) mass is 358 g/mol. The highest BCUT2D eigenvalue weighted by atomic mass is 16.5. The lowest BCUT2D eigenvalue weighted by molar-refractivity contribution is -0.00843. The van der Waals surface area contributed by atoms with Crippen LogP contribution in [0.5, 0.6) is 0 Å². The van der Waals surface area contributed by atoms with Crippen molar-refractivity contribution in [2.75, 3.05) is 33.9 Å². The van der Waals surface area contributed by atoms with Gasteiger partial charge in [-0.1, -0.05) is 54.9 Å². The first kappa shape index (κ1) is 28.9. The lowest BCUT2D eigenvalue weighted by atomic mass is 10.0. The largest absolute Gasteiger partial charge is 0.495 e. The minimum absolute atomic E-state index is 0.153. The van der Waals surface area contributed by atoms with Crippen LogP contribution in [0.3, 0.4) is 0 Å². The van der Waals surface area contributed by atoms with E-state index in [1.54, 1.807) is 7.05 Å². The van der Waals surface area contributed by atoms with Crippen LogP contribution < -0.4 is 5.32 Å². The number of nitrogens with zero attached hydrogens (tertiary/aromatic N) is 1. The van der Waals surface area contributed by atoms with Gasteiger partial charge in [-0.2, -0.15) is 0 Å². The van der Waals surface area contributed by atoms with Gasteiger partial charge in [0, 0.05) is 25.4 Å². The summed E-state index contributed by atoms with van der Waals surface area (Å²) < 4.78 is 11.9. The molecule has 2 atom stereocenters. The van der Waals surface area contributed by atoms with Gasteiger partial charge in [-0.25, -0.2) is 0 Å². The highest BCUT2D eigenvalue weighted by Gasteiger charge is 2.14. The summed E-state index contributed by atoms with van der Waals surface area (Å²) in [6.45, 7) is 18.8. The SMILES string of the molecule is CC.CC.CC/C(C=NC)=C(/C)OCC(C[C@H](C)CC)OCCNC. The lowest BCUT2D eigenvalue weighted by Gasteiger charge is -2.22. The molecule has 4 nitrogen and oxygen atoms in total. The first-order chi connectivity index (χ1) is 12.1. The summed E-state index contributed by atoms with van der Waals surface area (Å²) >= 11 is 0. The maximum atomic E-state index is 5.94. The molecule has 0 heterocycles. The normalized spacial score (nSPS) is 13.8. The predicted molar refractivity (Wildman–Crippen MR) is 114 cm³/mol. The molecule has 0 aliphatic carbocycles. The van der Waals surface area contributed by atoms with Gasteiger partial charge in [0.25, 0.3) is 0 Å². The molecule has 0 amide bonds. The number of hydrogen-bond donors (Lipinski definition) is 1. The van der Waals surface area contributed by atoms with Gasteiger partial charge in [-0.3, -0.25) is 4.99 Å². The predicted octanol–water partition coefficient (Wildman–Crippen LogP) is 5.48. The van der Waals surface area contributed by atoms with Gasteiger partial charge in [0.2, 0.25) is 0 Å². The van der Waals surface area contributed by atoms with Crippen molar-refractivity contribution >= 4 is 6.21 Å². The maximum Gasteiger partial charge on any atom is 0.114 e. The molecule has 0 aromatic rings. The Balaban J connectivity index is -0.00000112. The number of likely N-dealkylation sites (N-methyl/N-ethyl adjacent to an activating group) is 1. The molecular formula is C21H46N2O2. The second-order valence-corrected chi connectivity index (χ2v) is 5.48. The average molecular weight is 359 g/mol. The van der Waals surface area contributed by atoms with Crippen LogP contribution >= 0.6 is 0 Å². The Kier molecular flexibility index (Phi) is 26.8. The van der Waals surface area contributed by atoms with E-state index in [2.05, 4.69) is 31.1 Å². The molecule has 1 unspecified atom stereocenters. The molecule has 0 rings (SSSR count). The lowest BCUT2D eigenvalue weighted by Crippen LogP contribution is -2.26. The van der Waals surface area contributed by atoms with Gasteiger partial charge < -0.3 is 14.8 Å². The minimum atomic E-state index is 0.153. The molecule has 0 spiro atoms. The number of nitrogens with one attached hydrogen (secondary N) is 1. The Hall–Kier alpha value is -0.870. The van der Waals surface area contributed by atoms with Crippen molar-refractivity contribution in [3.8, 4) is 0 Å². The molecule has 0 saturated carbocycles. The summed E-state index contributed by atoms with van der Waals surface area (Å²) in [7, 11) is 3.73. The van der Waals surface area contributed by atoms with Gasteiger partial charge >= 0.3 is 0 Å². The quantitative estimate of drug-likeness (QED) is 0.285. The van der Waals surface area contributed by atoms with Crippen LogP contribution in [-0.4, -0.2) is 46.2 Å². The van der Waals surface area contributed by atoms with E-state index in [4.69, 9.17) is 9.47 Å². The van der Waals surface area contributed by atoms with Crippen molar-refractivity contribution in [1.29, 1.82) is 0 Å². The summed E-state index contributed by atoms with van der Waals surface area (Å²) in [4.78, 5) is 4.07. The van der Waals surface area contributed by atoms with E-state index in [-0.39, 0.29) is 6.10 Å². The highest BCUT2D eigenvalue weighted by Crippen LogP contribution is 2.15. The third kappa shape index (κ3) is 17.7. The molecule has 0 bridgehead atoms. The standard InChI is InChI=1S/C17H34N2O2.2C2H6/c1-7-14(3)11-17(20-10-9-18-5)13-21-15(4)16(8-2)12-19-6;2*1-2/h12,14,17-18H,7-11,13H2,1-6H3;2*1-2H3/b16-15+,19-12?;;/t14-,17?;;/m1../s1. The molecule has 0 radical (unpaired) electrons. The topological polar surface area (TPSA) is 42.9 Å². The Labute approximate surface area is 158 Å². The van der Waals surface area contributed by atoms with Crippen LogP contribution in [-0.2, 0) is 9.47 Å². The maximum absolute atomic E-state index is 5.94. The van der Waals surface area contributed by atoms with E-state index < -0.39 is 0 Å². The van der Waals surface area contributed by atoms with Crippen LogP contribution in [0, 0.1) is 5.92 Å². The Morgan fingerprint density at radius 1 is 1.16 bits per heavy atom. The van der Waals surface area contributed by atoms with Crippen molar-refractivity contribution in [2.45, 2.75) is 80.8 Å². The van der Waals surface area contributed by atoms with Gasteiger partial charge in [-0.15, -0.1) is 0 Å². The summed E-state index contributed by atoms with van der Waals surface area (Å²) in [6.07, 6.45) is 5.17. The second kappa shape index (κ2) is 23.1. The molecule has 0 aliphatic heterocycles. The zero-order valence-electron chi connectivity index (χ0n) is 18.7. The number of aliphatic imine (C=N–C) groups is 1. The Bertz CT molecular complexity index is 315. The van der Waals surface area contributed by atoms with E-state index in [1.807, 2.05) is 47.9 Å². The average Bonchev–Trinajstić information content (AvgIpc) is 2.66. The summed E-state index contributed by atoms with van der Waals surface area (Å²) in [6, 6.07) is 0. The summed E-state index contributed by atoms with van der Waals surface area (Å²) in [5.74, 6) is 1.61. The van der Waals surface area contributed by atoms with Crippen LogP contribution in [0.2, 0.25) is 0 Å². The molecule has 0 fully saturated rings. The van der Waals surface area contributed by atoms with Crippen molar-refractivity contribution in [2.24, 2.45) is 10.9 Å². The second-order valence-electron chi connectivity index (χ2n) is 5.48. The van der Waals surface area contributed by atoms with E-state index >= 15 is 0 Å². The smallest absolute Gasteiger partial charge is 0.114 e. The first-order valence-electron chi connectivity index (χ1n) is 10.1. The number of allylic oxidation sites excluding steroid dienone is 2. The minimum Gasteiger partial charge on any atom is -0.495 e. The molecule has 0 aromatic carbocycles.